The van der Waals surface area contributed by atoms with E-state index in [0.717, 1.165) is 130 Å². The molecule has 4 rings (SSSR count). The molecule has 7 heteroatoms. The lowest BCUT2D eigenvalue weighted by Crippen LogP contribution is -2.04. The summed E-state index contributed by atoms with van der Waals surface area (Å²) < 4.78 is 26.0. The SMILES string of the molecule is [C-]#[N+]c1ccc(C#Cc2cc(OCCCCCC)c(C#Cc3cc(OCCCCCC)c(C#Cc4ccc(SC(C)=O)cc4)cc3OCCCCCC)cc2OCCCCCC)cc1. The number of ether oxygens (including phenoxy) is 4. The van der Waals surface area contributed by atoms with Crippen LogP contribution >= 0.6 is 11.8 Å². The molecule has 0 bridgehead atoms. The number of hydrogen-bond donors (Lipinski definition) is 0. The van der Waals surface area contributed by atoms with Crippen molar-refractivity contribution in [3.8, 4) is 58.5 Å². The van der Waals surface area contributed by atoms with Gasteiger partial charge in [0.2, 0.25) is 0 Å². The van der Waals surface area contributed by atoms with Gasteiger partial charge in [0.1, 0.15) is 23.0 Å². The Kier molecular flexibility index (Phi) is 24.2. The van der Waals surface area contributed by atoms with Crippen molar-refractivity contribution >= 4 is 22.6 Å². The standard InChI is InChI=1S/C57H67NO5S/c1-7-11-15-19-37-60-54-43-50(56(62-39-21-17-13-9-3)41-48(54)29-23-46-25-33-52(58-6)34-26-46)31-32-51-44-55(61-38-20-16-12-8-2)49(42-57(51)63-40-22-18-14-10-4)30-24-47-27-35-53(36-28-47)64-45(5)59/h25-28,33-36,41-44H,7-22,37-40H2,1-5H3. The quantitative estimate of drug-likeness (QED) is 0.0286. The number of benzene rings is 4. The van der Waals surface area contributed by atoms with Gasteiger partial charge in [-0.3, -0.25) is 4.79 Å². The highest BCUT2D eigenvalue weighted by molar-refractivity contribution is 8.13. The van der Waals surface area contributed by atoms with Gasteiger partial charge in [0.25, 0.3) is 0 Å². The molecule has 0 aromatic heterocycles. The van der Waals surface area contributed by atoms with Crippen LogP contribution < -0.4 is 18.9 Å². The first-order valence-electron chi connectivity index (χ1n) is 23.6. The third-order valence-corrected chi connectivity index (χ3v) is 11.1. The van der Waals surface area contributed by atoms with Crippen molar-refractivity contribution in [2.75, 3.05) is 26.4 Å². The van der Waals surface area contributed by atoms with Crippen molar-refractivity contribution in [3.05, 3.63) is 118 Å². The topological polar surface area (TPSA) is 58.4 Å². The van der Waals surface area contributed by atoms with Gasteiger partial charge in [0.15, 0.2) is 10.8 Å². The predicted octanol–water partition coefficient (Wildman–Crippen LogP) is 14.9. The van der Waals surface area contributed by atoms with E-state index < -0.39 is 0 Å². The van der Waals surface area contributed by atoms with E-state index in [1.54, 1.807) is 19.1 Å². The summed E-state index contributed by atoms with van der Waals surface area (Å²) in [4.78, 5) is 16.1. The van der Waals surface area contributed by atoms with Gasteiger partial charge in [-0.05, 0) is 49.9 Å². The highest BCUT2D eigenvalue weighted by Gasteiger charge is 2.14. The number of carbonyl (C=O) groups is 1. The number of carbonyl (C=O) groups excluding carboxylic acids is 1. The fourth-order valence-electron chi connectivity index (χ4n) is 6.64. The van der Waals surface area contributed by atoms with Crippen LogP contribution in [0.25, 0.3) is 4.85 Å². The average molecular weight is 878 g/mol. The fraction of sp³-hybridized carbons (Fsp3) is 0.439. The molecule has 0 heterocycles. The monoisotopic (exact) mass is 877 g/mol. The van der Waals surface area contributed by atoms with Gasteiger partial charge in [0, 0.05) is 47.2 Å². The van der Waals surface area contributed by atoms with Crippen molar-refractivity contribution in [1.29, 1.82) is 0 Å². The van der Waals surface area contributed by atoms with Crippen LogP contribution in [0.5, 0.6) is 23.0 Å². The van der Waals surface area contributed by atoms with E-state index >= 15 is 0 Å². The minimum absolute atomic E-state index is 0.0471. The lowest BCUT2D eigenvalue weighted by molar-refractivity contribution is -0.109. The van der Waals surface area contributed by atoms with E-state index in [1.807, 2.05) is 60.7 Å². The Balaban J connectivity index is 1.83. The highest BCUT2D eigenvalue weighted by Crippen LogP contribution is 2.32. The van der Waals surface area contributed by atoms with Gasteiger partial charge in [-0.25, -0.2) is 4.85 Å². The summed E-state index contributed by atoms with van der Waals surface area (Å²) in [6, 6.07) is 22.9. The van der Waals surface area contributed by atoms with Crippen LogP contribution in [-0.4, -0.2) is 31.5 Å². The van der Waals surface area contributed by atoms with Gasteiger partial charge in [-0.1, -0.05) is 176 Å². The third-order valence-electron chi connectivity index (χ3n) is 10.3. The maximum atomic E-state index is 11.7. The zero-order chi connectivity index (χ0) is 45.6. The van der Waals surface area contributed by atoms with E-state index in [4.69, 9.17) is 25.5 Å². The fourth-order valence-corrected chi connectivity index (χ4v) is 7.24. The number of unbranched alkanes of at least 4 members (excludes halogenated alkanes) is 12. The molecule has 6 nitrogen and oxygen atoms in total. The first-order valence-corrected chi connectivity index (χ1v) is 24.4. The van der Waals surface area contributed by atoms with Crippen LogP contribution in [0, 0.1) is 42.1 Å². The summed E-state index contributed by atoms with van der Waals surface area (Å²) in [6.45, 7) is 20.0. The molecule has 0 atom stereocenters. The molecule has 0 unspecified atom stereocenters. The summed E-state index contributed by atoms with van der Waals surface area (Å²) in [5.41, 5.74) is 5.10. The molecule has 64 heavy (non-hydrogen) atoms. The Morgan fingerprint density at radius 2 is 0.781 bits per heavy atom. The molecule has 336 valence electrons. The van der Waals surface area contributed by atoms with Crippen molar-refractivity contribution in [2.24, 2.45) is 0 Å². The normalized spacial score (nSPS) is 10.3. The Labute approximate surface area is 389 Å². The van der Waals surface area contributed by atoms with Crippen LogP contribution in [-0.2, 0) is 4.79 Å². The molecule has 0 fully saturated rings. The molecule has 0 aliphatic carbocycles. The van der Waals surface area contributed by atoms with E-state index in [2.05, 4.69) is 68.1 Å². The van der Waals surface area contributed by atoms with Gasteiger partial charge in [-0.2, -0.15) is 0 Å². The maximum absolute atomic E-state index is 11.7. The lowest BCUT2D eigenvalue weighted by atomic mass is 10.1. The smallest absolute Gasteiger partial charge is 0.190 e. The van der Waals surface area contributed by atoms with Crippen LogP contribution in [0.1, 0.15) is 171 Å². The van der Waals surface area contributed by atoms with Gasteiger partial charge < -0.3 is 18.9 Å². The van der Waals surface area contributed by atoms with E-state index in [9.17, 15) is 4.79 Å². The molecule has 4 aromatic rings. The molecule has 0 aliphatic heterocycles. The molecule has 0 amide bonds. The Morgan fingerprint density at radius 3 is 1.08 bits per heavy atom. The maximum Gasteiger partial charge on any atom is 0.190 e. The second-order valence-electron chi connectivity index (χ2n) is 15.9. The molecule has 0 saturated carbocycles. The van der Waals surface area contributed by atoms with Crippen LogP contribution in [0.2, 0.25) is 0 Å². The molecule has 0 saturated heterocycles. The van der Waals surface area contributed by atoms with Crippen LogP contribution in [0.15, 0.2) is 77.7 Å². The summed E-state index contributed by atoms with van der Waals surface area (Å²) in [5, 5.41) is 0.0471. The van der Waals surface area contributed by atoms with Gasteiger partial charge >= 0.3 is 0 Å². The third kappa shape index (κ3) is 18.9. The second kappa shape index (κ2) is 30.4. The molecule has 4 aromatic carbocycles. The lowest BCUT2D eigenvalue weighted by Gasteiger charge is -2.15. The molecule has 0 N–H and O–H groups in total. The van der Waals surface area contributed by atoms with E-state index in [1.165, 1.54) is 11.8 Å². The first-order chi connectivity index (χ1) is 31.4. The van der Waals surface area contributed by atoms with E-state index in [0.29, 0.717) is 66.2 Å². The molecular formula is C57H67NO5S. The molecule has 0 aliphatic rings. The summed E-state index contributed by atoms with van der Waals surface area (Å²) in [7, 11) is 0. The van der Waals surface area contributed by atoms with Crippen molar-refractivity contribution in [1.82, 2.24) is 0 Å². The number of hydrogen-bond acceptors (Lipinski definition) is 6. The summed E-state index contributed by atoms with van der Waals surface area (Å²) >= 11 is 1.21. The van der Waals surface area contributed by atoms with Gasteiger partial charge in [-0.15, -0.1) is 0 Å². The highest BCUT2D eigenvalue weighted by atomic mass is 32.2. The number of thioether (sulfide) groups is 1. The number of rotatable bonds is 25. The molecule has 0 spiro atoms. The van der Waals surface area contributed by atoms with Crippen molar-refractivity contribution < 1.29 is 23.7 Å². The average Bonchev–Trinajstić information content (AvgIpc) is 3.30. The van der Waals surface area contributed by atoms with Crippen molar-refractivity contribution in [2.45, 2.75) is 142 Å². The predicted molar refractivity (Wildman–Crippen MR) is 265 cm³/mol. The number of nitrogens with zero attached hydrogens (tertiary/aromatic N) is 1. The zero-order valence-electron chi connectivity index (χ0n) is 39.0. The summed E-state index contributed by atoms with van der Waals surface area (Å²) in [6.07, 6.45) is 17.3. The van der Waals surface area contributed by atoms with E-state index in [-0.39, 0.29) is 5.12 Å². The second-order valence-corrected chi connectivity index (χ2v) is 17.1. The largest absolute Gasteiger partial charge is 0.492 e. The van der Waals surface area contributed by atoms with Crippen molar-refractivity contribution in [3.63, 3.8) is 0 Å². The Morgan fingerprint density at radius 1 is 0.469 bits per heavy atom. The minimum atomic E-state index is 0.0471. The van der Waals surface area contributed by atoms with Gasteiger partial charge in [0.05, 0.1) is 55.3 Å². The Hall–Kier alpha value is -5.73. The minimum Gasteiger partial charge on any atom is -0.492 e. The molecule has 0 radical (unpaired) electrons. The first kappa shape index (κ1) is 50.9. The Bertz CT molecular complexity index is 2270. The summed E-state index contributed by atoms with van der Waals surface area (Å²) in [5.74, 6) is 22.9. The molecular weight excluding hydrogens is 811 g/mol. The van der Waals surface area contributed by atoms with Crippen LogP contribution in [0.3, 0.4) is 0 Å². The van der Waals surface area contributed by atoms with Crippen LogP contribution in [0.4, 0.5) is 5.69 Å². The zero-order valence-corrected chi connectivity index (χ0v) is 39.8.